The molecule has 0 amide bonds. The van der Waals surface area contributed by atoms with Crippen molar-refractivity contribution in [2.24, 2.45) is 10.9 Å². The van der Waals surface area contributed by atoms with Gasteiger partial charge in [-0.15, -0.1) is 0 Å². The van der Waals surface area contributed by atoms with Gasteiger partial charge in [0.1, 0.15) is 0 Å². The fourth-order valence-electron chi connectivity index (χ4n) is 11.0. The van der Waals surface area contributed by atoms with Crippen LogP contribution in [-0.4, -0.2) is 5.71 Å². The zero-order valence-corrected chi connectivity index (χ0v) is 34.1. The molecule has 2 atom stereocenters. The maximum absolute atomic E-state index is 5.75. The molecule has 0 fully saturated rings. The molecule has 0 aromatic heterocycles. The molecular formula is C60H43N. The second-order valence-electron chi connectivity index (χ2n) is 17.0. The van der Waals surface area contributed by atoms with Crippen molar-refractivity contribution in [3.63, 3.8) is 0 Å². The molecule has 3 aliphatic rings. The minimum atomic E-state index is -0.382. The van der Waals surface area contributed by atoms with E-state index in [9.17, 15) is 0 Å². The average molecular weight is 778 g/mol. The topological polar surface area (TPSA) is 12.4 Å². The van der Waals surface area contributed by atoms with Gasteiger partial charge in [0.2, 0.25) is 0 Å². The Kier molecular flexibility index (Phi) is 8.25. The van der Waals surface area contributed by atoms with Gasteiger partial charge in [-0.05, 0) is 119 Å². The van der Waals surface area contributed by atoms with Crippen molar-refractivity contribution < 1.29 is 0 Å². The summed E-state index contributed by atoms with van der Waals surface area (Å²) in [6.45, 7) is 2.39. The molecule has 1 nitrogen and oxygen atoms in total. The number of benzene rings is 9. The molecule has 1 heteroatoms. The van der Waals surface area contributed by atoms with Crippen LogP contribution in [0.1, 0.15) is 51.8 Å². The smallest absolute Gasteiger partial charge is 0.0725 e. The van der Waals surface area contributed by atoms with Crippen molar-refractivity contribution >= 4 is 11.4 Å². The summed E-state index contributed by atoms with van der Waals surface area (Å²) < 4.78 is 0. The fourth-order valence-corrected chi connectivity index (χ4v) is 11.0. The molecule has 1 heterocycles. The van der Waals surface area contributed by atoms with Crippen LogP contribution in [0.3, 0.4) is 0 Å². The molecule has 0 N–H and O–H groups in total. The number of fused-ring (bicyclic) bond motifs is 11. The lowest BCUT2D eigenvalue weighted by molar-refractivity contribution is 0.577. The van der Waals surface area contributed by atoms with E-state index in [0.29, 0.717) is 0 Å². The molecule has 9 aromatic rings. The zero-order valence-electron chi connectivity index (χ0n) is 34.1. The Hall–Kier alpha value is -7.35. The molecule has 2 aliphatic carbocycles. The van der Waals surface area contributed by atoms with Crippen molar-refractivity contribution in [2.45, 2.75) is 24.7 Å². The maximum atomic E-state index is 5.75. The van der Waals surface area contributed by atoms with Crippen molar-refractivity contribution in [1.82, 2.24) is 0 Å². The van der Waals surface area contributed by atoms with Gasteiger partial charge in [-0.2, -0.15) is 0 Å². The minimum Gasteiger partial charge on any atom is -0.252 e. The summed E-state index contributed by atoms with van der Waals surface area (Å²) in [6, 6.07) is 81.0. The lowest BCUT2D eigenvalue weighted by atomic mass is 9.70. The molecular weight excluding hydrogens is 735 g/mol. The molecule has 0 radical (unpaired) electrons. The van der Waals surface area contributed by atoms with Crippen molar-refractivity contribution in [3.05, 3.63) is 257 Å². The molecule has 1 spiro atoms. The SMILES string of the molecule is CC1C(c2cccc(-c3ccccc3)c2)=Nc2cc(-c3cccc4c3-c3ccccc3C43c4ccccc4-c4ccccc43)ccc2CC1c1cccc(-c2ccccc2)c1. The molecule has 0 bridgehead atoms. The van der Waals surface area contributed by atoms with Gasteiger partial charge >= 0.3 is 0 Å². The van der Waals surface area contributed by atoms with Gasteiger partial charge < -0.3 is 0 Å². The Morgan fingerprint density at radius 3 is 1.59 bits per heavy atom. The van der Waals surface area contributed by atoms with Crippen molar-refractivity contribution in [2.75, 3.05) is 0 Å². The highest BCUT2D eigenvalue weighted by atomic mass is 14.8. The van der Waals surface area contributed by atoms with Crippen molar-refractivity contribution in [1.29, 1.82) is 0 Å². The largest absolute Gasteiger partial charge is 0.252 e. The number of nitrogens with zero attached hydrogens (tertiary/aromatic N) is 1. The van der Waals surface area contributed by atoms with Crippen LogP contribution in [0, 0.1) is 5.92 Å². The highest BCUT2D eigenvalue weighted by Crippen LogP contribution is 2.64. The summed E-state index contributed by atoms with van der Waals surface area (Å²) in [4.78, 5) is 5.75. The number of rotatable bonds is 5. The Morgan fingerprint density at radius 2 is 0.902 bits per heavy atom. The standard InChI is InChI=1S/C60H43N/c1-39-52(44-23-14-21-42(35-44)40-17-4-2-5-18-40)37-46-34-33-45(38-57(46)61-59(39)47-24-15-22-43(36-47)41-19-6-3-7-20-41)48-28-16-32-56-58(48)51-27-10-13-31-55(51)60(56)53-29-11-8-25-49(53)50-26-9-12-30-54(50)60/h2-36,38-39,52H,37H2,1H3. The van der Waals surface area contributed by atoms with Crippen LogP contribution >= 0.6 is 0 Å². The molecule has 9 aromatic carbocycles. The third-order valence-electron chi connectivity index (χ3n) is 13.8. The first kappa shape index (κ1) is 35.6. The van der Waals surface area contributed by atoms with Crippen LogP contribution in [0.15, 0.2) is 223 Å². The monoisotopic (exact) mass is 777 g/mol. The average Bonchev–Trinajstić information content (AvgIpc) is 3.75. The van der Waals surface area contributed by atoms with Crippen molar-refractivity contribution in [3.8, 4) is 55.6 Å². The van der Waals surface area contributed by atoms with E-state index in [0.717, 1.165) is 17.8 Å². The molecule has 12 rings (SSSR count). The predicted octanol–water partition coefficient (Wildman–Crippen LogP) is 15.1. The zero-order chi connectivity index (χ0) is 40.5. The van der Waals surface area contributed by atoms with Gasteiger partial charge in [0, 0.05) is 5.92 Å². The quantitative estimate of drug-likeness (QED) is 0.165. The maximum Gasteiger partial charge on any atom is 0.0725 e. The fraction of sp³-hybridized carbons (Fsp3) is 0.0833. The number of hydrogen-bond donors (Lipinski definition) is 0. The molecule has 1 aliphatic heterocycles. The van der Waals surface area contributed by atoms with E-state index in [1.165, 1.54) is 94.6 Å². The van der Waals surface area contributed by atoms with E-state index in [2.05, 4.69) is 225 Å². The van der Waals surface area contributed by atoms with E-state index >= 15 is 0 Å². The lowest BCUT2D eigenvalue weighted by Gasteiger charge is -2.30. The molecule has 0 saturated heterocycles. The minimum absolute atomic E-state index is 0.156. The van der Waals surface area contributed by atoms with Crippen LogP contribution < -0.4 is 0 Å². The van der Waals surface area contributed by atoms with E-state index in [4.69, 9.17) is 4.99 Å². The summed E-state index contributed by atoms with van der Waals surface area (Å²) in [5, 5.41) is 0. The summed E-state index contributed by atoms with van der Waals surface area (Å²) in [5.41, 5.74) is 23.7. The second kappa shape index (κ2) is 14.1. The second-order valence-corrected chi connectivity index (χ2v) is 17.0. The van der Waals surface area contributed by atoms with Gasteiger partial charge in [0.25, 0.3) is 0 Å². The number of aliphatic imine (C=N–C) groups is 1. The van der Waals surface area contributed by atoms with E-state index in [1.807, 2.05) is 0 Å². The molecule has 288 valence electrons. The van der Waals surface area contributed by atoms with Crippen LogP contribution in [0.25, 0.3) is 55.6 Å². The summed E-state index contributed by atoms with van der Waals surface area (Å²) in [6.07, 6.45) is 0.896. The van der Waals surface area contributed by atoms with Crippen LogP contribution in [0.2, 0.25) is 0 Å². The van der Waals surface area contributed by atoms with Gasteiger partial charge in [-0.1, -0.05) is 213 Å². The van der Waals surface area contributed by atoms with Crippen LogP contribution in [0.5, 0.6) is 0 Å². The number of hydrogen-bond acceptors (Lipinski definition) is 1. The van der Waals surface area contributed by atoms with Gasteiger partial charge in [0.05, 0.1) is 16.8 Å². The Balaban J connectivity index is 1.04. The first-order valence-corrected chi connectivity index (χ1v) is 21.6. The highest BCUT2D eigenvalue weighted by Gasteiger charge is 2.52. The Bertz CT molecular complexity index is 3140. The third-order valence-corrected chi connectivity index (χ3v) is 13.8. The predicted molar refractivity (Wildman–Crippen MR) is 254 cm³/mol. The van der Waals surface area contributed by atoms with E-state index in [-0.39, 0.29) is 17.3 Å². The molecule has 0 saturated carbocycles. The summed E-state index contributed by atoms with van der Waals surface area (Å²) >= 11 is 0. The van der Waals surface area contributed by atoms with Gasteiger partial charge in [0.15, 0.2) is 0 Å². The first-order valence-electron chi connectivity index (χ1n) is 21.6. The lowest BCUT2D eigenvalue weighted by Crippen LogP contribution is -2.25. The van der Waals surface area contributed by atoms with E-state index < -0.39 is 0 Å². The third kappa shape index (κ3) is 5.50. The summed E-state index contributed by atoms with van der Waals surface area (Å²) in [5.74, 6) is 0.383. The van der Waals surface area contributed by atoms with Crippen LogP contribution in [0.4, 0.5) is 5.69 Å². The van der Waals surface area contributed by atoms with Gasteiger partial charge in [-0.25, -0.2) is 0 Å². The van der Waals surface area contributed by atoms with Crippen LogP contribution in [-0.2, 0) is 11.8 Å². The Labute approximate surface area is 358 Å². The van der Waals surface area contributed by atoms with Gasteiger partial charge in [-0.3, -0.25) is 4.99 Å². The molecule has 61 heavy (non-hydrogen) atoms. The first-order chi connectivity index (χ1) is 30.2. The summed E-state index contributed by atoms with van der Waals surface area (Å²) in [7, 11) is 0. The highest BCUT2D eigenvalue weighted by molar-refractivity contribution is 6.06. The normalized spacial score (nSPS) is 16.4. The van der Waals surface area contributed by atoms with E-state index in [1.54, 1.807) is 0 Å². The molecule has 2 unspecified atom stereocenters. The Morgan fingerprint density at radius 1 is 0.393 bits per heavy atom.